The summed E-state index contributed by atoms with van der Waals surface area (Å²) in [5, 5.41) is 18.9. The second-order valence-corrected chi connectivity index (χ2v) is 5.68. The quantitative estimate of drug-likeness (QED) is 0.746. The maximum atomic E-state index is 9.80. The molecule has 6 nitrogen and oxygen atoms in total. The van der Waals surface area contributed by atoms with Crippen LogP contribution >= 0.6 is 0 Å². The van der Waals surface area contributed by atoms with Crippen LogP contribution in [0.4, 0.5) is 0 Å². The SMILES string of the molecule is CC1(C)OCC(C2OC(C)(C)OC2C(O)CO)O1. The predicted octanol–water partition coefficient (Wildman–Crippen LogP) is 0.0112. The molecule has 0 bridgehead atoms. The summed E-state index contributed by atoms with van der Waals surface area (Å²) in [6, 6.07) is 0. The van der Waals surface area contributed by atoms with Crippen LogP contribution < -0.4 is 0 Å². The van der Waals surface area contributed by atoms with Gasteiger partial charge in [0.1, 0.15) is 24.4 Å². The molecule has 0 spiro atoms. The van der Waals surface area contributed by atoms with Gasteiger partial charge in [0.15, 0.2) is 11.6 Å². The molecule has 2 fully saturated rings. The van der Waals surface area contributed by atoms with Gasteiger partial charge in [0.25, 0.3) is 0 Å². The van der Waals surface area contributed by atoms with E-state index in [1.54, 1.807) is 13.8 Å². The highest BCUT2D eigenvalue weighted by Gasteiger charge is 2.51. The van der Waals surface area contributed by atoms with Crippen LogP contribution in [0, 0.1) is 0 Å². The zero-order valence-electron chi connectivity index (χ0n) is 11.3. The first-order valence-corrected chi connectivity index (χ1v) is 6.20. The number of hydrogen-bond donors (Lipinski definition) is 2. The van der Waals surface area contributed by atoms with E-state index in [9.17, 15) is 5.11 Å². The van der Waals surface area contributed by atoms with Crippen molar-refractivity contribution in [1.29, 1.82) is 0 Å². The number of aliphatic hydroxyl groups excluding tert-OH is 2. The smallest absolute Gasteiger partial charge is 0.164 e. The van der Waals surface area contributed by atoms with Crippen LogP contribution in [0.15, 0.2) is 0 Å². The average Bonchev–Trinajstić information content (AvgIpc) is 2.77. The zero-order valence-corrected chi connectivity index (χ0v) is 11.3. The van der Waals surface area contributed by atoms with Crippen molar-refractivity contribution >= 4 is 0 Å². The largest absolute Gasteiger partial charge is 0.394 e. The Labute approximate surface area is 107 Å². The normalized spacial score (nSPS) is 40.0. The molecule has 18 heavy (non-hydrogen) atoms. The molecule has 6 heteroatoms. The lowest BCUT2D eigenvalue weighted by Gasteiger charge is -2.25. The third-order valence-corrected chi connectivity index (χ3v) is 3.13. The Morgan fingerprint density at radius 1 is 1.11 bits per heavy atom. The molecule has 0 aromatic carbocycles. The van der Waals surface area contributed by atoms with Crippen molar-refractivity contribution < 1.29 is 29.2 Å². The summed E-state index contributed by atoms with van der Waals surface area (Å²) < 4.78 is 22.6. The van der Waals surface area contributed by atoms with Gasteiger partial charge in [-0.3, -0.25) is 0 Å². The molecular formula is C12H22O6. The first-order valence-electron chi connectivity index (χ1n) is 6.20. The molecule has 0 aliphatic carbocycles. The summed E-state index contributed by atoms with van der Waals surface area (Å²) in [7, 11) is 0. The summed E-state index contributed by atoms with van der Waals surface area (Å²) in [5.41, 5.74) is 0. The van der Waals surface area contributed by atoms with Crippen molar-refractivity contribution in [2.75, 3.05) is 13.2 Å². The van der Waals surface area contributed by atoms with E-state index in [-0.39, 0.29) is 12.7 Å². The first kappa shape index (κ1) is 14.2. The Bertz CT molecular complexity index is 303. The number of hydrogen-bond acceptors (Lipinski definition) is 6. The molecule has 2 saturated heterocycles. The minimum Gasteiger partial charge on any atom is -0.394 e. The summed E-state index contributed by atoms with van der Waals surface area (Å²) in [5.74, 6) is -1.46. The van der Waals surface area contributed by atoms with Gasteiger partial charge >= 0.3 is 0 Å². The number of rotatable bonds is 3. The molecule has 0 amide bonds. The molecule has 0 radical (unpaired) electrons. The standard InChI is InChI=1S/C12H22O6/c1-11(2)15-6-8(16-11)10-9(7(14)5-13)17-12(3,4)18-10/h7-10,13-14H,5-6H2,1-4H3. The lowest BCUT2D eigenvalue weighted by atomic mass is 10.0. The van der Waals surface area contributed by atoms with Gasteiger partial charge in [0.05, 0.1) is 13.2 Å². The minimum atomic E-state index is -0.996. The van der Waals surface area contributed by atoms with E-state index >= 15 is 0 Å². The van der Waals surface area contributed by atoms with Crippen LogP contribution in [0.5, 0.6) is 0 Å². The molecule has 2 N–H and O–H groups in total. The van der Waals surface area contributed by atoms with Gasteiger partial charge in [-0.15, -0.1) is 0 Å². The highest BCUT2D eigenvalue weighted by atomic mass is 16.8. The number of ether oxygens (including phenoxy) is 4. The van der Waals surface area contributed by atoms with Crippen molar-refractivity contribution in [3.05, 3.63) is 0 Å². The molecule has 0 aromatic rings. The van der Waals surface area contributed by atoms with Gasteiger partial charge < -0.3 is 29.2 Å². The lowest BCUT2D eigenvalue weighted by molar-refractivity contribution is -0.175. The van der Waals surface area contributed by atoms with E-state index < -0.39 is 29.9 Å². The molecule has 2 rings (SSSR count). The van der Waals surface area contributed by atoms with Crippen LogP contribution in [-0.4, -0.2) is 59.4 Å². The summed E-state index contributed by atoms with van der Waals surface area (Å²) in [4.78, 5) is 0. The van der Waals surface area contributed by atoms with Crippen molar-refractivity contribution in [3.8, 4) is 0 Å². The summed E-state index contributed by atoms with van der Waals surface area (Å²) >= 11 is 0. The van der Waals surface area contributed by atoms with Gasteiger partial charge in [-0.1, -0.05) is 0 Å². The average molecular weight is 262 g/mol. The van der Waals surface area contributed by atoms with Crippen molar-refractivity contribution in [2.24, 2.45) is 0 Å². The maximum absolute atomic E-state index is 9.80. The van der Waals surface area contributed by atoms with E-state index in [0.717, 1.165) is 0 Å². The summed E-state index contributed by atoms with van der Waals surface area (Å²) in [6.07, 6.45) is -2.38. The molecular weight excluding hydrogens is 240 g/mol. The van der Waals surface area contributed by atoms with E-state index in [1.807, 2.05) is 13.8 Å². The van der Waals surface area contributed by atoms with Crippen LogP contribution in [-0.2, 0) is 18.9 Å². The summed E-state index contributed by atoms with van der Waals surface area (Å²) in [6.45, 7) is 7.19. The second kappa shape index (κ2) is 4.70. The molecule has 0 aromatic heterocycles. The molecule has 4 atom stereocenters. The van der Waals surface area contributed by atoms with Gasteiger partial charge in [-0.25, -0.2) is 0 Å². The Hall–Kier alpha value is -0.240. The fourth-order valence-electron chi connectivity index (χ4n) is 2.38. The van der Waals surface area contributed by atoms with Gasteiger partial charge in [0, 0.05) is 0 Å². The second-order valence-electron chi connectivity index (χ2n) is 5.68. The van der Waals surface area contributed by atoms with E-state index in [1.165, 1.54) is 0 Å². The Balaban J connectivity index is 2.10. The van der Waals surface area contributed by atoms with Gasteiger partial charge in [0.2, 0.25) is 0 Å². The fraction of sp³-hybridized carbons (Fsp3) is 1.00. The van der Waals surface area contributed by atoms with Crippen LogP contribution in [0.2, 0.25) is 0 Å². The fourth-order valence-corrected chi connectivity index (χ4v) is 2.38. The molecule has 106 valence electrons. The van der Waals surface area contributed by atoms with Gasteiger partial charge in [-0.05, 0) is 27.7 Å². The van der Waals surface area contributed by atoms with E-state index in [2.05, 4.69) is 0 Å². The van der Waals surface area contributed by atoms with Crippen molar-refractivity contribution in [3.63, 3.8) is 0 Å². The molecule has 4 unspecified atom stereocenters. The Morgan fingerprint density at radius 3 is 2.28 bits per heavy atom. The molecule has 2 aliphatic rings. The van der Waals surface area contributed by atoms with Crippen LogP contribution in [0.1, 0.15) is 27.7 Å². The van der Waals surface area contributed by atoms with Crippen LogP contribution in [0.3, 0.4) is 0 Å². The zero-order chi connectivity index (χ0) is 13.6. The molecule has 0 saturated carbocycles. The monoisotopic (exact) mass is 262 g/mol. The van der Waals surface area contributed by atoms with Crippen molar-refractivity contribution in [1.82, 2.24) is 0 Å². The van der Waals surface area contributed by atoms with Crippen molar-refractivity contribution in [2.45, 2.75) is 63.7 Å². The predicted molar refractivity (Wildman–Crippen MR) is 61.8 cm³/mol. The van der Waals surface area contributed by atoms with Crippen LogP contribution in [0.25, 0.3) is 0 Å². The lowest BCUT2D eigenvalue weighted by Crippen LogP contribution is -2.45. The third-order valence-electron chi connectivity index (χ3n) is 3.13. The maximum Gasteiger partial charge on any atom is 0.164 e. The third kappa shape index (κ3) is 2.84. The van der Waals surface area contributed by atoms with E-state index in [4.69, 9.17) is 24.1 Å². The number of aliphatic hydroxyl groups is 2. The Kier molecular flexibility index (Phi) is 3.70. The first-order chi connectivity index (χ1) is 8.24. The minimum absolute atomic E-state index is 0.312. The van der Waals surface area contributed by atoms with E-state index in [0.29, 0.717) is 6.61 Å². The Morgan fingerprint density at radius 2 is 1.78 bits per heavy atom. The van der Waals surface area contributed by atoms with Gasteiger partial charge in [-0.2, -0.15) is 0 Å². The molecule has 2 heterocycles. The molecule has 2 aliphatic heterocycles. The highest BCUT2D eigenvalue weighted by molar-refractivity contribution is 4.93. The topological polar surface area (TPSA) is 77.4 Å². The highest BCUT2D eigenvalue weighted by Crippen LogP contribution is 2.36.